The van der Waals surface area contributed by atoms with Gasteiger partial charge in [-0.15, -0.1) is 0 Å². The van der Waals surface area contributed by atoms with E-state index < -0.39 is 11.9 Å². The van der Waals surface area contributed by atoms with Crippen LogP contribution < -0.4 is 19.9 Å². The third-order valence-corrected chi connectivity index (χ3v) is 3.01. The van der Waals surface area contributed by atoms with Crippen LogP contribution in [0.3, 0.4) is 0 Å². The van der Waals surface area contributed by atoms with Crippen LogP contribution >= 0.6 is 11.6 Å². The van der Waals surface area contributed by atoms with E-state index in [-0.39, 0.29) is 28.6 Å². The van der Waals surface area contributed by atoms with Crippen LogP contribution in [-0.4, -0.2) is 38.9 Å². The van der Waals surface area contributed by atoms with Crippen molar-refractivity contribution in [1.82, 2.24) is 0 Å². The molecule has 19 heavy (non-hydrogen) atoms. The Bertz CT molecular complexity index is 478. The summed E-state index contributed by atoms with van der Waals surface area (Å²) in [6.07, 6.45) is 0. The molecule has 1 rings (SSSR count). The van der Waals surface area contributed by atoms with E-state index in [4.69, 9.17) is 31.5 Å². The number of hydrogen-bond acceptors (Lipinski definition) is 5. The molecule has 3 N–H and O–H groups in total. The molecule has 1 aromatic rings. The van der Waals surface area contributed by atoms with Gasteiger partial charge >= 0.3 is 5.97 Å². The van der Waals surface area contributed by atoms with Crippen LogP contribution in [0.5, 0.6) is 17.2 Å². The molecule has 0 radical (unpaired) electrons. The van der Waals surface area contributed by atoms with E-state index in [1.54, 1.807) is 0 Å². The van der Waals surface area contributed by atoms with Gasteiger partial charge in [-0.2, -0.15) is 0 Å². The highest BCUT2D eigenvalue weighted by molar-refractivity contribution is 6.32. The SMILES string of the molecule is COc1cc(Cl)c(C(CN)C(=O)O)c(OC)c1OC. The smallest absolute Gasteiger partial charge is 0.312 e. The van der Waals surface area contributed by atoms with Gasteiger partial charge in [0.25, 0.3) is 0 Å². The number of rotatable bonds is 6. The van der Waals surface area contributed by atoms with E-state index in [1.807, 2.05) is 0 Å². The average molecular weight is 290 g/mol. The maximum Gasteiger partial charge on any atom is 0.312 e. The van der Waals surface area contributed by atoms with E-state index >= 15 is 0 Å². The number of nitrogens with two attached hydrogens (primary N) is 1. The van der Waals surface area contributed by atoms with E-state index in [2.05, 4.69) is 0 Å². The second-order valence-electron chi connectivity index (χ2n) is 3.67. The molecule has 0 aromatic heterocycles. The highest BCUT2D eigenvalue weighted by Gasteiger charge is 2.29. The Morgan fingerprint density at radius 1 is 1.32 bits per heavy atom. The molecule has 1 atom stereocenters. The standard InChI is InChI=1S/C12H16ClNO5/c1-17-8-4-7(13)9(6(5-14)12(15)16)11(19-3)10(8)18-2/h4,6H,5,14H2,1-3H3,(H,15,16). The number of methoxy groups -OCH3 is 3. The van der Waals surface area contributed by atoms with Gasteiger partial charge in [0.15, 0.2) is 11.5 Å². The molecule has 6 nitrogen and oxygen atoms in total. The van der Waals surface area contributed by atoms with Crippen molar-refractivity contribution in [1.29, 1.82) is 0 Å². The number of carbonyl (C=O) groups is 1. The summed E-state index contributed by atoms with van der Waals surface area (Å²) < 4.78 is 15.5. The van der Waals surface area contributed by atoms with Crippen molar-refractivity contribution in [3.8, 4) is 17.2 Å². The Kier molecular flexibility index (Phi) is 5.26. The largest absolute Gasteiger partial charge is 0.493 e. The molecule has 0 heterocycles. The maximum atomic E-state index is 11.2. The summed E-state index contributed by atoms with van der Waals surface area (Å²) in [6, 6.07) is 1.48. The van der Waals surface area contributed by atoms with E-state index in [1.165, 1.54) is 27.4 Å². The lowest BCUT2D eigenvalue weighted by atomic mass is 9.97. The van der Waals surface area contributed by atoms with Crippen molar-refractivity contribution >= 4 is 17.6 Å². The zero-order chi connectivity index (χ0) is 14.6. The highest BCUT2D eigenvalue weighted by Crippen LogP contribution is 2.46. The van der Waals surface area contributed by atoms with Crippen LogP contribution in [0.4, 0.5) is 0 Å². The first kappa shape index (κ1) is 15.4. The van der Waals surface area contributed by atoms with Crippen LogP contribution in [0.2, 0.25) is 5.02 Å². The molecule has 0 fully saturated rings. The lowest BCUT2D eigenvalue weighted by Crippen LogP contribution is -2.22. The summed E-state index contributed by atoms with van der Waals surface area (Å²) in [4.78, 5) is 11.2. The van der Waals surface area contributed by atoms with Crippen LogP contribution in [0.1, 0.15) is 11.5 Å². The van der Waals surface area contributed by atoms with Gasteiger partial charge in [0, 0.05) is 18.2 Å². The van der Waals surface area contributed by atoms with Crippen molar-refractivity contribution < 1.29 is 24.1 Å². The minimum atomic E-state index is -1.09. The van der Waals surface area contributed by atoms with Gasteiger partial charge < -0.3 is 25.1 Å². The molecule has 0 aliphatic carbocycles. The molecule has 0 bridgehead atoms. The number of ether oxygens (including phenoxy) is 3. The number of benzene rings is 1. The quantitative estimate of drug-likeness (QED) is 0.824. The van der Waals surface area contributed by atoms with Gasteiger partial charge in [-0.1, -0.05) is 11.6 Å². The van der Waals surface area contributed by atoms with Crippen molar-refractivity contribution in [3.05, 3.63) is 16.7 Å². The predicted molar refractivity (Wildman–Crippen MR) is 70.5 cm³/mol. The molecule has 1 unspecified atom stereocenters. The molecule has 1 aromatic carbocycles. The first-order chi connectivity index (χ1) is 9.01. The van der Waals surface area contributed by atoms with Crippen LogP contribution in [0.25, 0.3) is 0 Å². The van der Waals surface area contributed by atoms with Crippen LogP contribution in [-0.2, 0) is 4.79 Å². The lowest BCUT2D eigenvalue weighted by Gasteiger charge is -2.20. The average Bonchev–Trinajstić information content (AvgIpc) is 2.39. The summed E-state index contributed by atoms with van der Waals surface area (Å²) in [7, 11) is 4.27. The van der Waals surface area contributed by atoms with Crippen LogP contribution in [0.15, 0.2) is 6.07 Å². The molecule has 0 aliphatic heterocycles. The monoisotopic (exact) mass is 289 g/mol. The second kappa shape index (κ2) is 6.49. The number of halogens is 1. The zero-order valence-corrected chi connectivity index (χ0v) is 11.7. The summed E-state index contributed by atoms with van der Waals surface area (Å²) >= 11 is 6.10. The number of carboxylic acid groups (broad SMARTS) is 1. The first-order valence-electron chi connectivity index (χ1n) is 5.43. The highest BCUT2D eigenvalue weighted by atomic mass is 35.5. The molecule has 7 heteroatoms. The zero-order valence-electron chi connectivity index (χ0n) is 10.9. The van der Waals surface area contributed by atoms with Crippen molar-refractivity contribution in [2.45, 2.75) is 5.92 Å². The van der Waals surface area contributed by atoms with Gasteiger partial charge in [-0.3, -0.25) is 4.79 Å². The van der Waals surface area contributed by atoms with E-state index in [0.29, 0.717) is 5.75 Å². The van der Waals surface area contributed by atoms with E-state index in [0.717, 1.165) is 0 Å². The van der Waals surface area contributed by atoms with Crippen molar-refractivity contribution in [2.75, 3.05) is 27.9 Å². The molecule has 0 spiro atoms. The summed E-state index contributed by atoms with van der Waals surface area (Å²) in [5.74, 6) is -1.22. The molecular weight excluding hydrogens is 274 g/mol. The predicted octanol–water partition coefficient (Wildman–Crippen LogP) is 1.49. The maximum absolute atomic E-state index is 11.2. The Balaban J connectivity index is 3.58. The molecular formula is C12H16ClNO5. The van der Waals surface area contributed by atoms with Crippen LogP contribution in [0, 0.1) is 0 Å². The van der Waals surface area contributed by atoms with Gasteiger partial charge in [-0.05, 0) is 0 Å². The summed E-state index contributed by atoms with van der Waals surface area (Å²) in [5.41, 5.74) is 5.77. The molecule has 0 aliphatic rings. The second-order valence-corrected chi connectivity index (χ2v) is 4.07. The fraction of sp³-hybridized carbons (Fsp3) is 0.417. The van der Waals surface area contributed by atoms with Gasteiger partial charge in [0.1, 0.15) is 0 Å². The third kappa shape index (κ3) is 2.85. The fourth-order valence-electron chi connectivity index (χ4n) is 1.82. The summed E-state index contributed by atoms with van der Waals surface area (Å²) in [5, 5.41) is 9.40. The first-order valence-corrected chi connectivity index (χ1v) is 5.80. The Morgan fingerprint density at radius 2 is 1.89 bits per heavy atom. The normalized spacial score (nSPS) is 11.8. The Morgan fingerprint density at radius 3 is 2.26 bits per heavy atom. The van der Waals surface area contributed by atoms with Gasteiger partial charge in [-0.25, -0.2) is 0 Å². The minimum Gasteiger partial charge on any atom is -0.493 e. The Hall–Kier alpha value is -1.66. The fourth-order valence-corrected chi connectivity index (χ4v) is 2.13. The number of aliphatic carboxylic acids is 1. The third-order valence-electron chi connectivity index (χ3n) is 2.70. The molecule has 106 valence electrons. The summed E-state index contributed by atoms with van der Waals surface area (Å²) in [6.45, 7) is -0.110. The molecule has 0 amide bonds. The lowest BCUT2D eigenvalue weighted by molar-refractivity contribution is -0.138. The number of carboxylic acids is 1. The molecule has 0 saturated heterocycles. The minimum absolute atomic E-state index is 0.110. The van der Waals surface area contributed by atoms with E-state index in [9.17, 15) is 9.90 Å². The topological polar surface area (TPSA) is 91.0 Å². The van der Waals surface area contributed by atoms with Gasteiger partial charge in [0.05, 0.1) is 32.3 Å². The van der Waals surface area contributed by atoms with Gasteiger partial charge in [0.2, 0.25) is 5.75 Å². The number of hydrogen-bond donors (Lipinski definition) is 2. The Labute approximate surface area is 116 Å². The molecule has 0 saturated carbocycles. The van der Waals surface area contributed by atoms with Crippen molar-refractivity contribution in [3.63, 3.8) is 0 Å². The van der Waals surface area contributed by atoms with Crippen molar-refractivity contribution in [2.24, 2.45) is 5.73 Å².